The van der Waals surface area contributed by atoms with E-state index in [1.54, 1.807) is 12.4 Å². The molecular weight excluding hydrogens is 322 g/mol. The second-order valence-electron chi connectivity index (χ2n) is 5.50. The summed E-state index contributed by atoms with van der Waals surface area (Å²) in [7, 11) is 0. The van der Waals surface area contributed by atoms with Gasteiger partial charge in [-0.2, -0.15) is 10.4 Å². The third kappa shape index (κ3) is 2.80. The average Bonchev–Trinajstić information content (AvgIpc) is 2.76. The maximum atomic E-state index is 12.3. The molecule has 0 saturated carbocycles. The summed E-state index contributed by atoms with van der Waals surface area (Å²) in [5, 5.41) is 15.9. The van der Waals surface area contributed by atoms with Gasteiger partial charge in [0.05, 0.1) is 16.7 Å². The Bertz CT molecular complexity index is 695. The van der Waals surface area contributed by atoms with Crippen molar-refractivity contribution in [2.24, 2.45) is 5.41 Å². The molecule has 0 aliphatic heterocycles. The Labute approximate surface area is 124 Å². The van der Waals surface area contributed by atoms with Crippen LogP contribution in [-0.2, 0) is 0 Å². The van der Waals surface area contributed by atoms with E-state index < -0.39 is 6.04 Å². The number of carbonyl (C=O) groups is 1. The van der Waals surface area contributed by atoms with Crippen LogP contribution in [0.2, 0.25) is 0 Å². The first-order valence-electron chi connectivity index (χ1n) is 6.02. The maximum Gasteiger partial charge on any atom is 0.257 e. The highest BCUT2D eigenvalue weighted by Crippen LogP contribution is 2.19. The highest BCUT2D eigenvalue weighted by molar-refractivity contribution is 9.10. The Balaban J connectivity index is 2.31. The topological polar surface area (TPSA) is 83.1 Å². The smallest absolute Gasteiger partial charge is 0.257 e. The van der Waals surface area contributed by atoms with Crippen molar-refractivity contribution in [2.45, 2.75) is 26.8 Å². The zero-order valence-electron chi connectivity index (χ0n) is 11.4. The van der Waals surface area contributed by atoms with E-state index in [0.717, 1.165) is 4.47 Å². The number of aromatic nitrogens is 3. The summed E-state index contributed by atoms with van der Waals surface area (Å²) in [5.74, 6) is -0.351. The van der Waals surface area contributed by atoms with Crippen molar-refractivity contribution in [3.8, 4) is 6.07 Å². The Kier molecular flexibility index (Phi) is 3.77. The quantitative estimate of drug-likeness (QED) is 0.911. The molecule has 0 fully saturated rings. The summed E-state index contributed by atoms with van der Waals surface area (Å²) in [4.78, 5) is 16.4. The van der Waals surface area contributed by atoms with Crippen molar-refractivity contribution in [2.75, 3.05) is 0 Å². The summed E-state index contributed by atoms with van der Waals surface area (Å²) >= 11 is 3.29. The summed E-state index contributed by atoms with van der Waals surface area (Å²) in [5.41, 5.74) is 0.461. The second kappa shape index (κ2) is 5.21. The van der Waals surface area contributed by atoms with Gasteiger partial charge in [0.15, 0.2) is 5.65 Å². The van der Waals surface area contributed by atoms with Gasteiger partial charge in [0.1, 0.15) is 11.6 Å². The molecule has 0 spiro atoms. The van der Waals surface area contributed by atoms with Crippen LogP contribution in [0.1, 0.15) is 31.1 Å². The molecule has 1 N–H and O–H groups in total. The Morgan fingerprint density at radius 1 is 1.50 bits per heavy atom. The van der Waals surface area contributed by atoms with Crippen LogP contribution in [0.25, 0.3) is 5.65 Å². The Morgan fingerprint density at radius 2 is 2.20 bits per heavy atom. The summed E-state index contributed by atoms with van der Waals surface area (Å²) in [6.45, 7) is 5.69. The maximum absolute atomic E-state index is 12.3. The fourth-order valence-electron chi connectivity index (χ4n) is 1.66. The number of fused-ring (bicyclic) bond motifs is 1. The first-order valence-corrected chi connectivity index (χ1v) is 6.81. The molecule has 0 aromatic carbocycles. The number of hydrogen-bond acceptors (Lipinski definition) is 4. The average molecular weight is 336 g/mol. The minimum Gasteiger partial charge on any atom is -0.336 e. The molecule has 2 aromatic rings. The van der Waals surface area contributed by atoms with Crippen molar-refractivity contribution in [1.82, 2.24) is 19.9 Å². The van der Waals surface area contributed by atoms with E-state index in [-0.39, 0.29) is 11.3 Å². The summed E-state index contributed by atoms with van der Waals surface area (Å²) < 4.78 is 2.28. The predicted molar refractivity (Wildman–Crippen MR) is 77.0 cm³/mol. The number of hydrogen-bond donors (Lipinski definition) is 1. The number of carbonyl (C=O) groups excluding carboxylic acids is 1. The molecule has 1 amide bonds. The third-order valence-corrected chi connectivity index (χ3v) is 3.25. The van der Waals surface area contributed by atoms with Crippen LogP contribution in [0.5, 0.6) is 0 Å². The van der Waals surface area contributed by atoms with Crippen molar-refractivity contribution in [1.29, 1.82) is 5.26 Å². The SMILES string of the molecule is CC(C)(C)[C@@H](C#N)NC(=O)c1cnn2cc(Br)cnc12. The summed E-state index contributed by atoms with van der Waals surface area (Å²) in [6.07, 6.45) is 4.76. The van der Waals surface area contributed by atoms with Gasteiger partial charge in [-0.15, -0.1) is 0 Å². The minimum atomic E-state index is -0.583. The van der Waals surface area contributed by atoms with Gasteiger partial charge in [0.2, 0.25) is 0 Å². The van der Waals surface area contributed by atoms with E-state index in [9.17, 15) is 4.79 Å². The predicted octanol–water partition coefficient (Wildman–Crippen LogP) is 2.16. The van der Waals surface area contributed by atoms with Crippen LogP contribution in [0.4, 0.5) is 0 Å². The standard InChI is InChI=1S/C13H14BrN5O/c1-13(2,3)10(4-15)18-12(20)9-6-17-19-7-8(14)5-16-11(9)19/h5-7,10H,1-3H3,(H,18,20)/t10-/m1/s1. The van der Waals surface area contributed by atoms with Gasteiger partial charge in [-0.25, -0.2) is 9.50 Å². The fraction of sp³-hybridized carbons (Fsp3) is 0.385. The van der Waals surface area contributed by atoms with Gasteiger partial charge in [-0.1, -0.05) is 20.8 Å². The lowest BCUT2D eigenvalue weighted by Gasteiger charge is -2.25. The van der Waals surface area contributed by atoms with Crippen LogP contribution in [0.15, 0.2) is 23.1 Å². The molecule has 0 aliphatic rings. The minimum absolute atomic E-state index is 0.343. The Hall–Kier alpha value is -1.94. The molecule has 0 bridgehead atoms. The molecule has 7 heteroatoms. The van der Waals surface area contributed by atoms with Crippen LogP contribution in [-0.4, -0.2) is 26.5 Å². The van der Waals surface area contributed by atoms with Crippen LogP contribution >= 0.6 is 15.9 Å². The molecule has 104 valence electrons. The van der Waals surface area contributed by atoms with Gasteiger partial charge in [-0.3, -0.25) is 4.79 Å². The van der Waals surface area contributed by atoms with Gasteiger partial charge >= 0.3 is 0 Å². The normalized spacial score (nSPS) is 12.9. The van der Waals surface area contributed by atoms with E-state index >= 15 is 0 Å². The van der Waals surface area contributed by atoms with Crippen LogP contribution in [0.3, 0.4) is 0 Å². The number of nitrogens with one attached hydrogen (secondary N) is 1. The molecule has 2 aromatic heterocycles. The summed E-state index contributed by atoms with van der Waals surface area (Å²) in [6, 6.07) is 1.52. The highest BCUT2D eigenvalue weighted by atomic mass is 79.9. The van der Waals surface area contributed by atoms with Gasteiger partial charge < -0.3 is 5.32 Å². The molecule has 0 aliphatic carbocycles. The number of nitriles is 1. The first-order chi connectivity index (χ1) is 9.32. The highest BCUT2D eigenvalue weighted by Gasteiger charge is 2.27. The zero-order chi connectivity index (χ0) is 14.9. The second-order valence-corrected chi connectivity index (χ2v) is 6.42. The van der Waals surface area contributed by atoms with E-state index in [4.69, 9.17) is 5.26 Å². The molecule has 0 radical (unpaired) electrons. The molecule has 0 unspecified atom stereocenters. The lowest BCUT2D eigenvalue weighted by Crippen LogP contribution is -2.42. The molecular formula is C13H14BrN5O. The number of amides is 1. The molecule has 0 saturated heterocycles. The number of rotatable bonds is 2. The van der Waals surface area contributed by atoms with E-state index in [0.29, 0.717) is 11.2 Å². The van der Waals surface area contributed by atoms with E-state index in [1.807, 2.05) is 20.8 Å². The lowest BCUT2D eigenvalue weighted by molar-refractivity contribution is 0.0923. The largest absolute Gasteiger partial charge is 0.336 e. The van der Waals surface area contributed by atoms with Crippen molar-refractivity contribution in [3.63, 3.8) is 0 Å². The molecule has 2 heterocycles. The first kappa shape index (κ1) is 14.5. The molecule has 6 nitrogen and oxygen atoms in total. The van der Waals surface area contributed by atoms with Crippen LogP contribution < -0.4 is 5.32 Å². The Morgan fingerprint density at radius 3 is 2.80 bits per heavy atom. The number of nitrogens with zero attached hydrogens (tertiary/aromatic N) is 4. The van der Waals surface area contributed by atoms with Crippen molar-refractivity contribution in [3.05, 3.63) is 28.6 Å². The van der Waals surface area contributed by atoms with Crippen molar-refractivity contribution >= 4 is 27.5 Å². The zero-order valence-corrected chi connectivity index (χ0v) is 13.0. The third-order valence-electron chi connectivity index (χ3n) is 2.84. The van der Waals surface area contributed by atoms with E-state index in [1.165, 1.54) is 10.7 Å². The van der Waals surface area contributed by atoms with E-state index in [2.05, 4.69) is 37.4 Å². The van der Waals surface area contributed by atoms with Gasteiger partial charge in [0, 0.05) is 12.4 Å². The van der Waals surface area contributed by atoms with Gasteiger partial charge in [-0.05, 0) is 21.3 Å². The van der Waals surface area contributed by atoms with Crippen LogP contribution in [0, 0.1) is 16.7 Å². The molecule has 20 heavy (non-hydrogen) atoms. The number of halogens is 1. The fourth-order valence-corrected chi connectivity index (χ4v) is 1.96. The monoisotopic (exact) mass is 335 g/mol. The molecule has 1 atom stereocenters. The van der Waals surface area contributed by atoms with Gasteiger partial charge in [0.25, 0.3) is 5.91 Å². The lowest BCUT2D eigenvalue weighted by atomic mass is 9.87. The molecule has 2 rings (SSSR count). The van der Waals surface area contributed by atoms with Crippen molar-refractivity contribution < 1.29 is 4.79 Å².